The normalized spacial score (nSPS) is 12.9. The highest BCUT2D eigenvalue weighted by Gasteiger charge is 2.28. The minimum atomic E-state index is -0.687. The fourth-order valence-electron chi connectivity index (χ4n) is 2.49. The van der Waals surface area contributed by atoms with Crippen LogP contribution in [0.2, 0.25) is 0 Å². The summed E-state index contributed by atoms with van der Waals surface area (Å²) in [5.41, 5.74) is 0.724. The van der Waals surface area contributed by atoms with Gasteiger partial charge in [-0.05, 0) is 32.3 Å². The van der Waals surface area contributed by atoms with E-state index in [2.05, 4.69) is 5.32 Å². The highest BCUT2D eigenvalue weighted by molar-refractivity contribution is 7.59. The lowest BCUT2D eigenvalue weighted by molar-refractivity contribution is -0.150. The molecule has 1 amide bonds. The lowest BCUT2D eigenvalue weighted by Crippen LogP contribution is -2.44. The molecule has 1 N–H and O–H groups in total. The molecular weight excluding hydrogens is 338 g/mol. The molecule has 0 radical (unpaired) electrons. The summed E-state index contributed by atoms with van der Waals surface area (Å²) in [5.74, 6) is -1.56. The summed E-state index contributed by atoms with van der Waals surface area (Å²) in [7, 11) is 0. The average molecular weight is 368 g/mol. The van der Waals surface area contributed by atoms with Crippen LogP contribution in [-0.4, -0.2) is 29.8 Å². The van der Waals surface area contributed by atoms with Gasteiger partial charge >= 0.3 is 5.97 Å². The smallest absolute Gasteiger partial charge is 0.314 e. The second-order valence-electron chi connectivity index (χ2n) is 6.55. The van der Waals surface area contributed by atoms with Crippen LogP contribution < -0.4 is 5.32 Å². The van der Waals surface area contributed by atoms with Gasteiger partial charge in [0.05, 0.1) is 18.1 Å². The van der Waals surface area contributed by atoms with Crippen molar-refractivity contribution in [2.75, 3.05) is 0 Å². The summed E-state index contributed by atoms with van der Waals surface area (Å²) in [6, 6.07) is 8.52. The van der Waals surface area contributed by atoms with Crippen molar-refractivity contribution in [3.8, 4) is 0 Å². The summed E-state index contributed by atoms with van der Waals surface area (Å²) in [4.78, 5) is 36.4. The summed E-state index contributed by atoms with van der Waals surface area (Å²) in [6.45, 7) is 8.73. The quantitative estimate of drug-likeness (QED) is 0.717. The van der Waals surface area contributed by atoms with E-state index in [0.717, 1.165) is 5.56 Å². The predicted octanol–water partition coefficient (Wildman–Crippen LogP) is 2.95. The van der Waals surface area contributed by atoms with Crippen LogP contribution in [0.3, 0.4) is 0 Å². The van der Waals surface area contributed by atoms with Crippen LogP contribution in [-0.2, 0) is 19.1 Å². The van der Waals surface area contributed by atoms with E-state index in [4.69, 9.17) is 4.74 Å². The number of esters is 1. The molecule has 0 bridgehead atoms. The largest absolute Gasteiger partial charge is 0.462 e. The number of nitrogens with one attached hydrogen (secondary N) is 1. The fourth-order valence-corrected chi connectivity index (χ4v) is 2.49. The lowest BCUT2D eigenvalue weighted by Gasteiger charge is -2.22. The molecule has 1 aromatic rings. The predicted molar refractivity (Wildman–Crippen MR) is 103 cm³/mol. The van der Waals surface area contributed by atoms with Gasteiger partial charge < -0.3 is 10.1 Å². The fraction of sp³-hybridized carbons (Fsp3) is 0.526. The van der Waals surface area contributed by atoms with E-state index in [-0.39, 0.29) is 43.6 Å². The maximum Gasteiger partial charge on any atom is 0.314 e. The van der Waals surface area contributed by atoms with Crippen LogP contribution in [0, 0.1) is 5.92 Å². The number of carbonyl (C=O) groups is 3. The van der Waals surface area contributed by atoms with Gasteiger partial charge in [0, 0.05) is 6.42 Å². The van der Waals surface area contributed by atoms with E-state index in [0.29, 0.717) is 0 Å². The Bertz CT molecular complexity index is 572. The molecule has 2 atom stereocenters. The van der Waals surface area contributed by atoms with Gasteiger partial charge in [0.2, 0.25) is 5.91 Å². The molecule has 5 nitrogen and oxygen atoms in total. The van der Waals surface area contributed by atoms with Gasteiger partial charge in [-0.3, -0.25) is 14.4 Å². The highest BCUT2D eigenvalue weighted by Crippen LogP contribution is 2.22. The van der Waals surface area contributed by atoms with Crippen molar-refractivity contribution in [1.29, 1.82) is 0 Å². The van der Waals surface area contributed by atoms with E-state index < -0.39 is 17.9 Å². The number of hydrogen-bond donors (Lipinski definition) is 1. The molecule has 0 aliphatic heterocycles. The van der Waals surface area contributed by atoms with Crippen LogP contribution in [0.25, 0.3) is 0 Å². The number of ether oxygens (including phenoxy) is 1. The maximum absolute atomic E-state index is 12.4. The molecule has 0 heterocycles. The summed E-state index contributed by atoms with van der Waals surface area (Å²) in [5, 5.41) is 2.73. The minimum absolute atomic E-state index is 0. The Kier molecular flexibility index (Phi) is 10.1. The molecule has 6 heteroatoms. The number of ketones is 1. The zero-order valence-electron chi connectivity index (χ0n) is 15.5. The molecule has 0 aliphatic carbocycles. The Morgan fingerprint density at radius 1 is 1.04 bits per heavy atom. The van der Waals surface area contributed by atoms with Crippen molar-refractivity contribution < 1.29 is 19.1 Å². The van der Waals surface area contributed by atoms with Gasteiger partial charge in [0.1, 0.15) is 0 Å². The summed E-state index contributed by atoms with van der Waals surface area (Å²) >= 11 is 0. The standard InChI is InChI=1S/C19H27NO4.H2S/c1-12(2)18(14(5)21)20-17(22)11-16(19(23)24-13(3)4)15-9-7-6-8-10-15;/h6-10,12-13,16,18H,11H2,1-5H3,(H,20,22);1H2. The number of hydrogen-bond acceptors (Lipinski definition) is 4. The van der Waals surface area contributed by atoms with E-state index in [1.807, 2.05) is 32.0 Å². The van der Waals surface area contributed by atoms with Crippen LogP contribution in [0.1, 0.15) is 52.5 Å². The average Bonchev–Trinajstić information content (AvgIpc) is 2.49. The number of benzene rings is 1. The first-order chi connectivity index (χ1) is 11.2. The van der Waals surface area contributed by atoms with E-state index in [1.165, 1.54) is 6.92 Å². The Labute approximate surface area is 157 Å². The van der Waals surface area contributed by atoms with Crippen molar-refractivity contribution in [3.63, 3.8) is 0 Å². The molecule has 0 aromatic heterocycles. The van der Waals surface area contributed by atoms with Gasteiger partial charge in [-0.2, -0.15) is 13.5 Å². The first kappa shape index (κ1) is 23.2. The molecule has 0 spiro atoms. The molecule has 0 saturated carbocycles. The van der Waals surface area contributed by atoms with Crippen LogP contribution in [0.15, 0.2) is 30.3 Å². The number of amides is 1. The number of carbonyl (C=O) groups excluding carboxylic acids is 3. The molecule has 2 unspecified atom stereocenters. The third-order valence-corrected chi connectivity index (χ3v) is 3.65. The summed E-state index contributed by atoms with van der Waals surface area (Å²) < 4.78 is 5.28. The highest BCUT2D eigenvalue weighted by atomic mass is 32.1. The summed E-state index contributed by atoms with van der Waals surface area (Å²) in [6.07, 6.45) is -0.307. The van der Waals surface area contributed by atoms with Gasteiger partial charge in [-0.15, -0.1) is 0 Å². The van der Waals surface area contributed by atoms with Crippen LogP contribution in [0.5, 0.6) is 0 Å². The number of Topliss-reactive ketones (excluding diaryl/α,β-unsaturated/α-hetero) is 1. The first-order valence-electron chi connectivity index (χ1n) is 8.27. The van der Waals surface area contributed by atoms with E-state index >= 15 is 0 Å². The third kappa shape index (κ3) is 7.73. The molecule has 140 valence electrons. The van der Waals surface area contributed by atoms with Crippen molar-refractivity contribution in [2.45, 2.75) is 59.1 Å². The van der Waals surface area contributed by atoms with Crippen LogP contribution >= 0.6 is 13.5 Å². The van der Waals surface area contributed by atoms with Gasteiger partial charge in [0.25, 0.3) is 0 Å². The van der Waals surface area contributed by atoms with Crippen molar-refractivity contribution in [2.24, 2.45) is 5.92 Å². The lowest BCUT2D eigenvalue weighted by atomic mass is 9.94. The van der Waals surface area contributed by atoms with Crippen molar-refractivity contribution in [3.05, 3.63) is 35.9 Å². The Balaban J connectivity index is 0.00000576. The minimum Gasteiger partial charge on any atom is -0.462 e. The molecule has 1 rings (SSSR count). The second kappa shape index (κ2) is 10.9. The monoisotopic (exact) mass is 367 g/mol. The van der Waals surface area contributed by atoms with E-state index in [9.17, 15) is 14.4 Å². The Hall–Kier alpha value is -1.82. The molecule has 0 aliphatic rings. The van der Waals surface area contributed by atoms with Gasteiger partial charge in [0.15, 0.2) is 5.78 Å². The SMILES string of the molecule is CC(=O)C(NC(=O)CC(C(=O)OC(C)C)c1ccccc1)C(C)C.S. The van der Waals surface area contributed by atoms with Gasteiger partial charge in [-0.1, -0.05) is 44.2 Å². The molecule has 25 heavy (non-hydrogen) atoms. The Morgan fingerprint density at radius 3 is 2.04 bits per heavy atom. The number of rotatable bonds is 8. The molecular formula is C19H29NO4S. The van der Waals surface area contributed by atoms with Crippen molar-refractivity contribution in [1.82, 2.24) is 5.32 Å². The molecule has 1 aromatic carbocycles. The maximum atomic E-state index is 12.4. The third-order valence-electron chi connectivity index (χ3n) is 3.65. The van der Waals surface area contributed by atoms with Gasteiger partial charge in [-0.25, -0.2) is 0 Å². The second-order valence-corrected chi connectivity index (χ2v) is 6.55. The molecule has 0 saturated heterocycles. The zero-order valence-corrected chi connectivity index (χ0v) is 16.5. The topological polar surface area (TPSA) is 72.5 Å². The zero-order chi connectivity index (χ0) is 18.3. The first-order valence-corrected chi connectivity index (χ1v) is 8.27. The van der Waals surface area contributed by atoms with Crippen LogP contribution in [0.4, 0.5) is 0 Å². The van der Waals surface area contributed by atoms with Crippen molar-refractivity contribution >= 4 is 31.2 Å². The molecule has 0 fully saturated rings. The van der Waals surface area contributed by atoms with E-state index in [1.54, 1.807) is 26.0 Å². The Morgan fingerprint density at radius 2 is 1.60 bits per heavy atom.